The predicted molar refractivity (Wildman–Crippen MR) is 267 cm³/mol. The Balaban J connectivity index is 2.33. The number of aliphatic hydroxyl groups excluding tert-OH is 5. The number of phosphoric acid groups is 1. The summed E-state index contributed by atoms with van der Waals surface area (Å²) in [5.74, 6) is -1.09. The van der Waals surface area contributed by atoms with Crippen molar-refractivity contribution < 1.29 is 63.1 Å². The molecule has 0 heterocycles. The summed E-state index contributed by atoms with van der Waals surface area (Å²) >= 11 is 0. The van der Waals surface area contributed by atoms with Crippen LogP contribution in [-0.2, 0) is 32.7 Å². The van der Waals surface area contributed by atoms with Crippen molar-refractivity contribution in [2.75, 3.05) is 13.2 Å². The van der Waals surface area contributed by atoms with Gasteiger partial charge >= 0.3 is 19.8 Å². The number of allylic oxidation sites excluding steroid dienone is 2. The Morgan fingerprint density at radius 1 is 0.448 bits per heavy atom. The molecule has 13 nitrogen and oxygen atoms in total. The van der Waals surface area contributed by atoms with Gasteiger partial charge in [0.05, 0.1) is 6.61 Å². The van der Waals surface area contributed by atoms with Crippen molar-refractivity contribution in [2.45, 2.75) is 301 Å². The lowest BCUT2D eigenvalue weighted by Gasteiger charge is -2.41. The van der Waals surface area contributed by atoms with Gasteiger partial charge in [-0.25, -0.2) is 4.57 Å². The summed E-state index contributed by atoms with van der Waals surface area (Å²) in [4.78, 5) is 35.9. The molecule has 67 heavy (non-hydrogen) atoms. The molecule has 1 rings (SSSR count). The first kappa shape index (κ1) is 63.6. The second-order valence-electron chi connectivity index (χ2n) is 19.4. The van der Waals surface area contributed by atoms with Crippen LogP contribution < -0.4 is 0 Å². The number of hydrogen-bond donors (Lipinski definition) is 6. The first-order valence-electron chi connectivity index (χ1n) is 27.5. The number of ether oxygens (including phenoxy) is 2. The van der Waals surface area contributed by atoms with Gasteiger partial charge in [-0.15, -0.1) is 0 Å². The highest BCUT2D eigenvalue weighted by molar-refractivity contribution is 7.47. The van der Waals surface area contributed by atoms with Crippen LogP contribution in [0.1, 0.15) is 258 Å². The van der Waals surface area contributed by atoms with Gasteiger partial charge in [0.15, 0.2) is 6.10 Å². The van der Waals surface area contributed by atoms with Gasteiger partial charge in [0.25, 0.3) is 0 Å². The Labute approximate surface area is 407 Å². The average Bonchev–Trinajstić information content (AvgIpc) is 3.31. The fourth-order valence-electron chi connectivity index (χ4n) is 8.70. The SMILES string of the molecule is CCCCCCCC/C=C/CCCCCCCC(=O)OC[C@H](COP(=O)(O)OC1C(O)C(O)C(O)[C@@H](O)C1O)OC(=O)CCCCCCCCCCCCCCCCCCCCCCCCC. The molecule has 0 saturated heterocycles. The van der Waals surface area contributed by atoms with Gasteiger partial charge in [0.1, 0.15) is 43.2 Å². The Morgan fingerprint density at radius 2 is 0.761 bits per heavy atom. The molecule has 0 amide bonds. The molecule has 396 valence electrons. The number of aliphatic hydroxyl groups is 5. The third-order valence-corrected chi connectivity index (χ3v) is 14.1. The largest absolute Gasteiger partial charge is 0.472 e. The molecule has 6 unspecified atom stereocenters. The molecule has 6 N–H and O–H groups in total. The van der Waals surface area contributed by atoms with Crippen LogP contribution in [0.4, 0.5) is 0 Å². The molecule has 0 aromatic carbocycles. The number of rotatable bonds is 47. The molecular formula is C53H101O13P. The maximum Gasteiger partial charge on any atom is 0.472 e. The summed E-state index contributed by atoms with van der Waals surface area (Å²) in [7, 11) is -5.12. The number of hydrogen-bond acceptors (Lipinski definition) is 12. The summed E-state index contributed by atoms with van der Waals surface area (Å²) in [5, 5.41) is 50.3. The van der Waals surface area contributed by atoms with Crippen LogP contribution in [0.5, 0.6) is 0 Å². The van der Waals surface area contributed by atoms with Crippen LogP contribution >= 0.6 is 7.82 Å². The number of carbonyl (C=O) groups excluding carboxylic acids is 2. The highest BCUT2D eigenvalue weighted by Gasteiger charge is 2.51. The zero-order valence-electron chi connectivity index (χ0n) is 42.5. The Morgan fingerprint density at radius 3 is 1.13 bits per heavy atom. The van der Waals surface area contributed by atoms with E-state index in [0.29, 0.717) is 12.8 Å². The van der Waals surface area contributed by atoms with E-state index in [0.717, 1.165) is 57.8 Å². The van der Waals surface area contributed by atoms with Crippen LogP contribution in [0, 0.1) is 0 Å². The van der Waals surface area contributed by atoms with Crippen LogP contribution in [0.2, 0.25) is 0 Å². The molecule has 14 heteroatoms. The average molecular weight is 977 g/mol. The van der Waals surface area contributed by atoms with Crippen LogP contribution in [0.25, 0.3) is 0 Å². The lowest BCUT2D eigenvalue weighted by molar-refractivity contribution is -0.220. The molecule has 0 bridgehead atoms. The molecule has 0 radical (unpaired) electrons. The van der Waals surface area contributed by atoms with E-state index < -0.39 is 75.7 Å². The molecule has 0 aromatic rings. The number of carbonyl (C=O) groups is 2. The number of unbranched alkanes of at least 4 members (excludes halogenated alkanes) is 33. The minimum absolute atomic E-state index is 0.102. The van der Waals surface area contributed by atoms with E-state index in [1.54, 1.807) is 0 Å². The van der Waals surface area contributed by atoms with Gasteiger partial charge in [0.2, 0.25) is 0 Å². The van der Waals surface area contributed by atoms with E-state index in [-0.39, 0.29) is 12.8 Å². The molecule has 8 atom stereocenters. The second kappa shape index (κ2) is 43.4. The Kier molecular flexibility index (Phi) is 41.2. The molecule has 1 aliphatic rings. The maximum atomic E-state index is 12.9. The fraction of sp³-hybridized carbons (Fsp3) is 0.925. The van der Waals surface area contributed by atoms with Crippen molar-refractivity contribution >= 4 is 19.8 Å². The highest BCUT2D eigenvalue weighted by Crippen LogP contribution is 2.47. The molecule has 0 aromatic heterocycles. The second-order valence-corrected chi connectivity index (χ2v) is 20.9. The molecule has 1 fully saturated rings. The summed E-state index contributed by atoms with van der Waals surface area (Å²) in [5.41, 5.74) is 0. The van der Waals surface area contributed by atoms with Crippen LogP contribution in [0.15, 0.2) is 12.2 Å². The van der Waals surface area contributed by atoms with E-state index >= 15 is 0 Å². The zero-order valence-corrected chi connectivity index (χ0v) is 43.4. The zero-order chi connectivity index (χ0) is 49.2. The summed E-state index contributed by atoms with van der Waals surface area (Å²) < 4.78 is 33.7. The molecule has 1 aliphatic carbocycles. The Bertz CT molecular complexity index is 1220. The van der Waals surface area contributed by atoms with Crippen molar-refractivity contribution in [1.82, 2.24) is 0 Å². The first-order valence-corrected chi connectivity index (χ1v) is 29.0. The van der Waals surface area contributed by atoms with Gasteiger partial charge in [-0.1, -0.05) is 219 Å². The number of phosphoric ester groups is 1. The van der Waals surface area contributed by atoms with Crippen molar-refractivity contribution in [3.8, 4) is 0 Å². The van der Waals surface area contributed by atoms with Gasteiger partial charge in [-0.3, -0.25) is 18.6 Å². The molecule has 0 spiro atoms. The van der Waals surface area contributed by atoms with Crippen molar-refractivity contribution in [3.63, 3.8) is 0 Å². The topological polar surface area (TPSA) is 210 Å². The first-order chi connectivity index (χ1) is 32.4. The van der Waals surface area contributed by atoms with Gasteiger partial charge < -0.3 is 39.9 Å². The normalized spacial score (nSPS) is 21.1. The standard InChI is InChI=1S/C53H101O13P/c1-3-5-7-9-11-13-15-17-19-20-21-22-23-24-25-26-28-30-32-34-36-38-40-42-47(55)65-45(44-64-67(61,62)66-53-51(59)49(57)48(56)50(58)52(53)60)43-63-46(54)41-39-37-35-33-31-29-27-18-16-14-12-10-8-6-4-2/h18,27,45,48-53,56-60H,3-17,19-26,28-44H2,1-2H3,(H,61,62)/b27-18+/t45-,48?,49-,50?,51?,52?,53?/m1/s1. The third kappa shape index (κ3) is 35.4. The lowest BCUT2D eigenvalue weighted by atomic mass is 9.85. The quantitative estimate of drug-likeness (QED) is 0.0145. The minimum atomic E-state index is -5.12. The van der Waals surface area contributed by atoms with Crippen molar-refractivity contribution in [1.29, 1.82) is 0 Å². The Hall–Kier alpha value is -1.41. The fourth-order valence-corrected chi connectivity index (χ4v) is 9.67. The van der Waals surface area contributed by atoms with Crippen molar-refractivity contribution in [2.24, 2.45) is 0 Å². The van der Waals surface area contributed by atoms with Crippen LogP contribution in [-0.4, -0.2) is 98.3 Å². The van der Waals surface area contributed by atoms with Gasteiger partial charge in [0, 0.05) is 12.8 Å². The number of esters is 2. The molecular weight excluding hydrogens is 876 g/mol. The molecule has 1 saturated carbocycles. The van der Waals surface area contributed by atoms with Gasteiger partial charge in [-0.05, 0) is 38.5 Å². The monoisotopic (exact) mass is 977 g/mol. The maximum absolute atomic E-state index is 12.9. The van der Waals surface area contributed by atoms with E-state index in [4.69, 9.17) is 18.5 Å². The van der Waals surface area contributed by atoms with Crippen molar-refractivity contribution in [3.05, 3.63) is 12.2 Å². The minimum Gasteiger partial charge on any atom is -0.462 e. The smallest absolute Gasteiger partial charge is 0.462 e. The summed E-state index contributed by atoms with van der Waals surface area (Å²) in [6, 6.07) is 0. The van der Waals surface area contributed by atoms with E-state index in [1.807, 2.05) is 0 Å². The predicted octanol–water partition coefficient (Wildman–Crippen LogP) is 12.2. The van der Waals surface area contributed by atoms with Gasteiger partial charge in [-0.2, -0.15) is 0 Å². The molecule has 0 aliphatic heterocycles. The summed E-state index contributed by atoms with van der Waals surface area (Å²) in [6.07, 6.45) is 35.5. The lowest BCUT2D eigenvalue weighted by Crippen LogP contribution is -2.64. The van der Waals surface area contributed by atoms with E-state index in [9.17, 15) is 44.6 Å². The van der Waals surface area contributed by atoms with E-state index in [1.165, 1.54) is 161 Å². The summed E-state index contributed by atoms with van der Waals surface area (Å²) in [6.45, 7) is 3.34. The van der Waals surface area contributed by atoms with E-state index in [2.05, 4.69) is 26.0 Å². The van der Waals surface area contributed by atoms with Crippen LogP contribution in [0.3, 0.4) is 0 Å². The highest BCUT2D eigenvalue weighted by atomic mass is 31.2. The third-order valence-electron chi connectivity index (χ3n) is 13.1.